The Balaban J connectivity index is 1.25. The fraction of sp³-hybridized carbons (Fsp3) is 0.500. The van der Waals surface area contributed by atoms with Crippen LogP contribution >= 0.6 is 0 Å². The number of nitrogens with two attached hydrogens (primary N) is 1. The van der Waals surface area contributed by atoms with Crippen molar-refractivity contribution in [1.82, 2.24) is 55.5 Å². The van der Waals surface area contributed by atoms with E-state index < -0.39 is 78.4 Å². The highest BCUT2D eigenvalue weighted by Gasteiger charge is 2.43. The van der Waals surface area contributed by atoms with Gasteiger partial charge < -0.3 is 42.1 Å². The molecular formula is C40H52F3N13O13. The van der Waals surface area contributed by atoms with Crippen LogP contribution in [0.4, 0.5) is 24.8 Å². The fourth-order valence-corrected chi connectivity index (χ4v) is 6.94. The lowest BCUT2D eigenvalue weighted by atomic mass is 10.1. The number of fused-ring (bicyclic) bond motifs is 1. The Morgan fingerprint density at radius 1 is 0.739 bits per heavy atom. The van der Waals surface area contributed by atoms with Gasteiger partial charge in [-0.1, -0.05) is 0 Å². The Kier molecular flexibility index (Phi) is 20.2. The van der Waals surface area contributed by atoms with Crippen molar-refractivity contribution in [2.75, 3.05) is 102 Å². The summed E-state index contributed by atoms with van der Waals surface area (Å²) in [5.41, 5.74) is 3.73. The Morgan fingerprint density at radius 3 is 1.75 bits per heavy atom. The van der Waals surface area contributed by atoms with Gasteiger partial charge in [-0.2, -0.15) is 18.2 Å². The molecule has 1 fully saturated rings. The Morgan fingerprint density at radius 2 is 1.26 bits per heavy atom. The quantitative estimate of drug-likeness (QED) is 0.0496. The Labute approximate surface area is 389 Å². The molecule has 4 rings (SSSR count). The topological polar surface area (TPSA) is 367 Å². The molecule has 1 aliphatic heterocycles. The average molecular weight is 980 g/mol. The average Bonchev–Trinajstić information content (AvgIpc) is 3.26. The minimum atomic E-state index is -5.31. The molecule has 4 amide bonds. The lowest BCUT2D eigenvalue weighted by Gasteiger charge is -2.32. The maximum absolute atomic E-state index is 13.6. The molecule has 3 aromatic rings. The van der Waals surface area contributed by atoms with Crippen LogP contribution in [0.5, 0.6) is 0 Å². The van der Waals surface area contributed by atoms with Gasteiger partial charge in [0.15, 0.2) is 11.2 Å². The summed E-state index contributed by atoms with van der Waals surface area (Å²) in [6.07, 6.45) is -3.95. The summed E-state index contributed by atoms with van der Waals surface area (Å²) in [6.45, 7) is -1.37. The number of hydrogen-bond donors (Lipinski definition) is 9. The molecule has 0 saturated carbocycles. The first kappa shape index (κ1) is 54.2. The normalized spacial score (nSPS) is 15.2. The van der Waals surface area contributed by atoms with Crippen molar-refractivity contribution in [2.45, 2.75) is 38.0 Å². The molecule has 2 aromatic heterocycles. The second-order valence-electron chi connectivity index (χ2n) is 15.7. The number of rotatable bonds is 21. The number of alkyl halides is 3. The molecule has 0 bridgehead atoms. The minimum Gasteiger partial charge on any atom is -0.480 e. The summed E-state index contributed by atoms with van der Waals surface area (Å²) in [7, 11) is 0. The SMILES string of the molecule is Nc1nc2ncc(CN(C(=O)C(F)(F)F)c3ccc(C(=O)NCCCC[C@H](NC(=O)CNC(=O)CN4CCN(CC(=O)O)CCN(CC(=O)O)CCN(CC(=O)O)CC4)C(=O)O)cc3)nc2c(=O)[nH]1. The van der Waals surface area contributed by atoms with E-state index in [4.69, 9.17) is 5.73 Å². The highest BCUT2D eigenvalue weighted by molar-refractivity contribution is 5.98. The number of aromatic amines is 1. The van der Waals surface area contributed by atoms with E-state index in [1.165, 1.54) is 12.1 Å². The minimum absolute atomic E-state index is 0.00561. The van der Waals surface area contributed by atoms with Crippen molar-refractivity contribution in [3.05, 3.63) is 52.1 Å². The number of nitrogens with one attached hydrogen (secondary N) is 4. The van der Waals surface area contributed by atoms with Crippen LogP contribution in [-0.2, 0) is 40.1 Å². The van der Waals surface area contributed by atoms with E-state index >= 15 is 0 Å². The number of aliphatic carboxylic acids is 4. The predicted molar refractivity (Wildman–Crippen MR) is 233 cm³/mol. The summed E-state index contributed by atoms with van der Waals surface area (Å²) in [4.78, 5) is 130. The third-order valence-electron chi connectivity index (χ3n) is 10.4. The van der Waals surface area contributed by atoms with Gasteiger partial charge in [-0.3, -0.25) is 67.8 Å². The second kappa shape index (κ2) is 25.7. The number of carboxylic acid groups (broad SMARTS) is 4. The molecular weight excluding hydrogens is 928 g/mol. The zero-order valence-corrected chi connectivity index (χ0v) is 36.9. The van der Waals surface area contributed by atoms with Gasteiger partial charge in [-0.15, -0.1) is 0 Å². The van der Waals surface area contributed by atoms with E-state index in [-0.39, 0.29) is 138 Å². The number of carboxylic acids is 4. The molecule has 0 aliphatic carbocycles. The largest absolute Gasteiger partial charge is 0.480 e. The van der Waals surface area contributed by atoms with Gasteiger partial charge in [-0.25, -0.2) is 14.8 Å². The summed E-state index contributed by atoms with van der Waals surface area (Å²) < 4.78 is 40.9. The number of unbranched alkanes of at least 4 members (excludes halogenated alkanes) is 1. The van der Waals surface area contributed by atoms with E-state index in [0.717, 1.165) is 18.3 Å². The Bertz CT molecular complexity index is 2360. The third-order valence-corrected chi connectivity index (χ3v) is 10.4. The van der Waals surface area contributed by atoms with E-state index in [0.29, 0.717) is 4.90 Å². The number of nitrogen functional groups attached to an aromatic ring is 1. The molecule has 1 atom stereocenters. The molecule has 69 heavy (non-hydrogen) atoms. The van der Waals surface area contributed by atoms with Gasteiger partial charge in [0.1, 0.15) is 6.04 Å². The van der Waals surface area contributed by atoms with Gasteiger partial charge in [0, 0.05) is 70.2 Å². The van der Waals surface area contributed by atoms with E-state index in [9.17, 15) is 76.7 Å². The smallest absolute Gasteiger partial charge is 0.471 e. The lowest BCUT2D eigenvalue weighted by Crippen LogP contribution is -2.50. The number of amides is 4. The predicted octanol–water partition coefficient (Wildman–Crippen LogP) is -2.55. The maximum atomic E-state index is 13.6. The van der Waals surface area contributed by atoms with E-state index in [1.54, 1.807) is 19.6 Å². The fourth-order valence-electron chi connectivity index (χ4n) is 6.94. The number of nitrogens with zero attached hydrogens (tertiary/aromatic N) is 8. The van der Waals surface area contributed by atoms with Gasteiger partial charge in [0.25, 0.3) is 11.5 Å². The van der Waals surface area contributed by atoms with E-state index in [1.807, 2.05) is 0 Å². The van der Waals surface area contributed by atoms with Gasteiger partial charge in [-0.05, 0) is 43.5 Å². The van der Waals surface area contributed by atoms with Crippen LogP contribution < -0.4 is 32.1 Å². The third kappa shape index (κ3) is 18.3. The van der Waals surface area contributed by atoms with Gasteiger partial charge >= 0.3 is 36.0 Å². The number of H-pyrrole nitrogens is 1. The van der Waals surface area contributed by atoms with Crippen molar-refractivity contribution >= 4 is 70.3 Å². The molecule has 3 heterocycles. The van der Waals surface area contributed by atoms with Crippen molar-refractivity contribution in [3.8, 4) is 0 Å². The van der Waals surface area contributed by atoms with Crippen LogP contribution in [0.3, 0.4) is 0 Å². The molecule has 0 radical (unpaired) electrons. The zero-order chi connectivity index (χ0) is 50.8. The highest BCUT2D eigenvalue weighted by Crippen LogP contribution is 2.26. The summed E-state index contributed by atoms with van der Waals surface area (Å²) in [6, 6.07) is 3.16. The first-order chi connectivity index (χ1) is 32.6. The first-order valence-electron chi connectivity index (χ1n) is 21.2. The monoisotopic (exact) mass is 979 g/mol. The molecule has 26 nitrogen and oxygen atoms in total. The van der Waals surface area contributed by atoms with Crippen LogP contribution in [0.2, 0.25) is 0 Å². The van der Waals surface area contributed by atoms with E-state index in [2.05, 4.69) is 35.9 Å². The number of hydrogen-bond acceptors (Lipinski definition) is 17. The van der Waals surface area contributed by atoms with Crippen LogP contribution in [0.1, 0.15) is 35.3 Å². The highest BCUT2D eigenvalue weighted by atomic mass is 19.4. The molecule has 1 aromatic carbocycles. The number of anilines is 2. The van der Waals surface area contributed by atoms with Crippen molar-refractivity contribution in [2.24, 2.45) is 0 Å². The molecule has 1 saturated heterocycles. The van der Waals surface area contributed by atoms with Crippen LogP contribution in [0.15, 0.2) is 35.3 Å². The number of benzene rings is 1. The number of halogens is 3. The van der Waals surface area contributed by atoms with Gasteiger partial charge in [0.05, 0.1) is 51.2 Å². The summed E-state index contributed by atoms with van der Waals surface area (Å²) in [5.74, 6) is -9.35. The second-order valence-corrected chi connectivity index (χ2v) is 15.7. The van der Waals surface area contributed by atoms with Crippen molar-refractivity contribution in [1.29, 1.82) is 0 Å². The standard InChI is InChI=1S/C40H52F3N13O13/c41-40(42,43)38(69)56(19-25-17-47-34-33(48-25)36(66)51-39(44)50-34)26-6-4-24(5-7-26)35(65)45-8-2-1-3-27(37(67)68)49-28(57)18-46-29(58)20-52-9-11-53(21-30(59)60)13-15-55(23-32(63)64)16-14-54(12-10-52)22-31(61)62/h4-7,17,27H,1-3,8-16,18-23H2,(H,45,65)(H,46,58)(H,49,57)(H,59,60)(H,61,62)(H,63,64)(H,67,68)(H3,44,47,50,51,66)/t27-/m0/s1. The summed E-state index contributed by atoms with van der Waals surface area (Å²) in [5, 5.41) is 45.2. The van der Waals surface area contributed by atoms with Gasteiger partial charge in [0.2, 0.25) is 17.8 Å². The first-order valence-corrected chi connectivity index (χ1v) is 21.2. The number of carbonyl (C=O) groups is 8. The molecule has 376 valence electrons. The zero-order valence-electron chi connectivity index (χ0n) is 36.9. The Hall–Kier alpha value is -7.37. The van der Waals surface area contributed by atoms with Crippen LogP contribution in [0, 0.1) is 0 Å². The molecule has 0 unspecified atom stereocenters. The lowest BCUT2D eigenvalue weighted by molar-refractivity contribution is -0.170. The van der Waals surface area contributed by atoms with Crippen molar-refractivity contribution in [3.63, 3.8) is 0 Å². The van der Waals surface area contributed by atoms with Crippen LogP contribution in [0.25, 0.3) is 11.2 Å². The molecule has 0 spiro atoms. The van der Waals surface area contributed by atoms with Crippen molar-refractivity contribution < 1.29 is 72.0 Å². The molecule has 10 N–H and O–H groups in total. The molecule has 1 aliphatic rings. The number of carbonyl (C=O) groups excluding carboxylic acids is 4. The molecule has 29 heteroatoms. The number of aromatic nitrogens is 4. The maximum Gasteiger partial charge on any atom is 0.471 e. The van der Waals surface area contributed by atoms with Crippen LogP contribution in [-0.4, -0.2) is 211 Å². The summed E-state index contributed by atoms with van der Waals surface area (Å²) >= 11 is 0.